The summed E-state index contributed by atoms with van der Waals surface area (Å²) in [7, 11) is 0. The molecule has 0 aromatic heterocycles. The molecular formula is C61H79N9O15S. The first-order valence-corrected chi connectivity index (χ1v) is 29.2. The molecule has 0 spiro atoms. The van der Waals surface area contributed by atoms with Crippen molar-refractivity contribution >= 4 is 93.9 Å². The summed E-state index contributed by atoms with van der Waals surface area (Å²) in [6.45, 7) is 9.16. The molecule has 4 aromatic carbocycles. The van der Waals surface area contributed by atoms with E-state index in [0.29, 0.717) is 22.3 Å². The highest BCUT2D eigenvalue weighted by Gasteiger charge is 2.34. The predicted molar refractivity (Wildman–Crippen MR) is 320 cm³/mol. The first-order valence-electron chi connectivity index (χ1n) is 28.3. The number of hydrogen-bond acceptors (Lipinski definition) is 14. The number of thioether (sulfide) groups is 1. The number of carbonyl (C=O) groups excluding carboxylic acids is 10. The average molecular weight is 1210 g/mol. The van der Waals surface area contributed by atoms with Crippen molar-refractivity contribution < 1.29 is 72.9 Å². The molecule has 0 heterocycles. The van der Waals surface area contributed by atoms with E-state index in [9.17, 15) is 72.9 Å². The monoisotopic (exact) mass is 1210 g/mol. The van der Waals surface area contributed by atoms with Gasteiger partial charge in [0.1, 0.15) is 47.5 Å². The van der Waals surface area contributed by atoms with Crippen molar-refractivity contribution in [3.8, 4) is 5.75 Å². The van der Waals surface area contributed by atoms with Gasteiger partial charge in [-0.15, -0.1) is 11.8 Å². The van der Waals surface area contributed by atoms with Crippen LogP contribution < -0.4 is 47.9 Å². The first-order chi connectivity index (χ1) is 40.8. The smallest absolute Gasteiger partial charge is 0.317 e. The minimum atomic E-state index is -1.68. The molecule has 24 nitrogen and oxygen atoms in total. The van der Waals surface area contributed by atoms with Gasteiger partial charge in [-0.25, -0.2) is 0 Å². The average Bonchev–Trinajstić information content (AvgIpc) is 3.66. The molecule has 0 saturated heterocycles. The van der Waals surface area contributed by atoms with Crippen molar-refractivity contribution in [2.45, 2.75) is 139 Å². The zero-order valence-corrected chi connectivity index (χ0v) is 49.8. The number of phenolic OH excluding ortho intramolecular Hbond substituents is 1. The minimum Gasteiger partial charge on any atom is -0.508 e. The molecule has 0 aliphatic rings. The number of fused-ring (bicyclic) bond motifs is 1. The molecule has 0 radical (unpaired) electrons. The lowest BCUT2D eigenvalue weighted by Crippen LogP contribution is -2.60. The molecule has 464 valence electrons. The molecule has 0 fully saturated rings. The van der Waals surface area contributed by atoms with Gasteiger partial charge in [-0.3, -0.25) is 52.7 Å². The van der Waals surface area contributed by atoms with Gasteiger partial charge in [-0.05, 0) is 103 Å². The summed E-state index contributed by atoms with van der Waals surface area (Å²) in [4.78, 5) is 159. The van der Waals surface area contributed by atoms with Crippen molar-refractivity contribution in [1.82, 2.24) is 47.9 Å². The number of carboxylic acid groups (broad SMARTS) is 2. The second-order valence-electron chi connectivity index (χ2n) is 21.7. The number of unbranched alkanes of at least 4 members (excludes halogenated alkanes) is 1. The Hall–Kier alpha value is -8.87. The van der Waals surface area contributed by atoms with Crippen molar-refractivity contribution in [2.24, 2.45) is 17.8 Å². The third-order valence-electron chi connectivity index (χ3n) is 13.5. The van der Waals surface area contributed by atoms with E-state index in [1.54, 1.807) is 77.9 Å². The van der Waals surface area contributed by atoms with Crippen LogP contribution in [0.1, 0.15) is 102 Å². The fourth-order valence-corrected chi connectivity index (χ4v) is 9.69. The predicted octanol–water partition coefficient (Wildman–Crippen LogP) is 2.89. The Labute approximate surface area is 503 Å². The number of benzene rings is 4. The second kappa shape index (κ2) is 35.4. The topological polar surface area (TPSA) is 374 Å². The van der Waals surface area contributed by atoms with Crippen LogP contribution in [0.25, 0.3) is 10.8 Å². The summed E-state index contributed by atoms with van der Waals surface area (Å²) >= 11 is 1.02. The Morgan fingerprint density at radius 2 is 1.13 bits per heavy atom. The van der Waals surface area contributed by atoms with Gasteiger partial charge >= 0.3 is 11.9 Å². The summed E-state index contributed by atoms with van der Waals surface area (Å²) in [5, 5.41) is 53.6. The fraction of sp³-hybridized carbons (Fsp3) is 0.443. The van der Waals surface area contributed by atoms with E-state index in [1.165, 1.54) is 24.3 Å². The normalized spacial score (nSPS) is 13.5. The highest BCUT2D eigenvalue weighted by atomic mass is 32.2. The molecule has 0 bridgehead atoms. The lowest BCUT2D eigenvalue weighted by atomic mass is 9.99. The number of amides is 9. The van der Waals surface area contributed by atoms with Crippen LogP contribution in [0.15, 0.2) is 102 Å². The maximum Gasteiger partial charge on any atom is 0.317 e. The SMILES string of the molecule is CC(C)C[C@H](NC(=O)[C@@H](NC(=O)CNC(=O)c1ccccc1)C(C)C)C(=O)N[C@@H](CCCCNC(=O)C[C@H](Sc1ccc2ccccc2c1)C(=O)O)C(=O)N[C@@H](CCC(=O)O)C(=O)N[C@@H](Cc1ccc(O)cc1)C(=O)NCC(=O)N[C@H](C=O)C(C)C. The maximum atomic E-state index is 14.6. The lowest BCUT2D eigenvalue weighted by Gasteiger charge is -2.28. The Morgan fingerprint density at radius 3 is 1.73 bits per heavy atom. The molecule has 86 heavy (non-hydrogen) atoms. The van der Waals surface area contributed by atoms with Crippen LogP contribution in [0, 0.1) is 17.8 Å². The largest absolute Gasteiger partial charge is 0.508 e. The van der Waals surface area contributed by atoms with Crippen LogP contribution >= 0.6 is 11.8 Å². The van der Waals surface area contributed by atoms with Crippen LogP contribution in [0.5, 0.6) is 5.75 Å². The number of nitrogens with one attached hydrogen (secondary N) is 9. The zero-order chi connectivity index (χ0) is 63.5. The fourth-order valence-electron chi connectivity index (χ4n) is 8.69. The first kappa shape index (κ1) is 69.6. The third kappa shape index (κ3) is 24.4. The number of carboxylic acids is 2. The highest BCUT2D eigenvalue weighted by molar-refractivity contribution is 8.00. The van der Waals surface area contributed by atoms with Crippen LogP contribution in [-0.2, 0) is 59.2 Å². The third-order valence-corrected chi connectivity index (χ3v) is 14.7. The van der Waals surface area contributed by atoms with Crippen molar-refractivity contribution in [1.29, 1.82) is 0 Å². The van der Waals surface area contributed by atoms with Gasteiger partial charge in [0, 0.05) is 36.3 Å². The van der Waals surface area contributed by atoms with E-state index >= 15 is 0 Å². The molecule has 4 aromatic rings. The molecule has 0 saturated carbocycles. The minimum absolute atomic E-state index is 0.00353. The Kier molecular flexibility index (Phi) is 28.7. The molecule has 0 aliphatic heterocycles. The van der Waals surface area contributed by atoms with E-state index in [2.05, 4.69) is 47.9 Å². The van der Waals surface area contributed by atoms with Gasteiger partial charge in [-0.2, -0.15) is 0 Å². The molecule has 25 heteroatoms. The number of aromatic hydroxyl groups is 1. The zero-order valence-electron chi connectivity index (χ0n) is 49.0. The van der Waals surface area contributed by atoms with Crippen LogP contribution in [0.3, 0.4) is 0 Å². The number of rotatable bonds is 36. The maximum absolute atomic E-state index is 14.6. The molecule has 12 N–H and O–H groups in total. The van der Waals surface area contributed by atoms with Gasteiger partial charge < -0.3 is 68.0 Å². The molecule has 0 aliphatic carbocycles. The number of carbonyl (C=O) groups is 12. The van der Waals surface area contributed by atoms with Crippen LogP contribution in [0.2, 0.25) is 0 Å². The molecule has 7 atom stereocenters. The van der Waals surface area contributed by atoms with Gasteiger partial charge in [-0.1, -0.05) is 102 Å². The number of hydrogen-bond donors (Lipinski definition) is 12. The summed E-state index contributed by atoms with van der Waals surface area (Å²) < 4.78 is 0. The Bertz CT molecular complexity index is 3000. The molecule has 9 amide bonds. The van der Waals surface area contributed by atoms with E-state index in [4.69, 9.17) is 0 Å². The number of aldehydes is 1. The van der Waals surface area contributed by atoms with Gasteiger partial charge in [0.2, 0.25) is 47.3 Å². The summed E-state index contributed by atoms with van der Waals surface area (Å²) in [6, 6.07) is 18.7. The van der Waals surface area contributed by atoms with Gasteiger partial charge in [0.15, 0.2) is 0 Å². The van der Waals surface area contributed by atoms with Crippen LogP contribution in [0.4, 0.5) is 0 Å². The van der Waals surface area contributed by atoms with Gasteiger partial charge in [0.25, 0.3) is 5.91 Å². The van der Waals surface area contributed by atoms with E-state index in [-0.39, 0.29) is 62.7 Å². The molecule has 4 rings (SSSR count). The summed E-state index contributed by atoms with van der Waals surface area (Å²) in [5.74, 6) is -10.8. The summed E-state index contributed by atoms with van der Waals surface area (Å²) in [5.41, 5.74) is 0.735. The van der Waals surface area contributed by atoms with E-state index in [0.717, 1.165) is 22.5 Å². The van der Waals surface area contributed by atoms with Crippen molar-refractivity contribution in [2.75, 3.05) is 19.6 Å². The van der Waals surface area contributed by atoms with Gasteiger partial charge in [0.05, 0.1) is 19.1 Å². The van der Waals surface area contributed by atoms with E-state index < -0.39 is 138 Å². The standard InChI is InChI=1S/C61H79N9O15S/c1-35(2)28-46(69-60(83)54(37(5)6)70-52(75)33-63-55(78)40-15-8-7-9-16-40)59(82)66-44(18-12-13-27-62-50(73)31-49(61(84)85)86-43-24-21-39-14-10-11-17-41(39)30-43)57(80)67-45(25-26-53(76)77)58(81)68-47(29-38-19-22-42(72)23-20-38)56(79)64-32-51(74)65-48(34-71)36(3)4/h7-11,14-17,19-24,30,34-37,44-49,54,72H,12-13,18,25-29,31-33H2,1-6H3,(H,62,73)(H,63,78)(H,64,79)(H,65,74)(H,66,82)(H,67,80)(H,68,81)(H,69,83)(H,70,75)(H,76,77)(H,84,85)/t44-,45-,46-,47-,48+,49-,54-/m0/s1. The molecule has 0 unspecified atom stereocenters. The number of phenols is 1. The molecular weight excluding hydrogens is 1130 g/mol. The number of aliphatic carboxylic acids is 2. The van der Waals surface area contributed by atoms with Crippen molar-refractivity contribution in [3.05, 3.63) is 108 Å². The lowest BCUT2D eigenvalue weighted by molar-refractivity contribution is -0.139. The summed E-state index contributed by atoms with van der Waals surface area (Å²) in [6.07, 6.45) is -1.13. The second-order valence-corrected chi connectivity index (χ2v) is 23.0. The van der Waals surface area contributed by atoms with E-state index in [1.807, 2.05) is 36.4 Å². The quantitative estimate of drug-likeness (QED) is 0.0177. The highest BCUT2D eigenvalue weighted by Crippen LogP contribution is 2.29. The van der Waals surface area contributed by atoms with Crippen LogP contribution in [-0.4, -0.2) is 148 Å². The van der Waals surface area contributed by atoms with Crippen molar-refractivity contribution in [3.63, 3.8) is 0 Å². The Morgan fingerprint density at radius 1 is 0.547 bits per heavy atom. The Balaban J connectivity index is 1.57.